The molecule has 2 unspecified atom stereocenters. The van der Waals surface area contributed by atoms with E-state index in [9.17, 15) is 9.59 Å². The van der Waals surface area contributed by atoms with E-state index in [1.165, 1.54) is 0 Å². The Hall–Kier alpha value is -2.77. The van der Waals surface area contributed by atoms with Gasteiger partial charge in [0.1, 0.15) is 0 Å². The van der Waals surface area contributed by atoms with Crippen LogP contribution in [0.15, 0.2) is 24.7 Å². The number of aromatic nitrogens is 4. The van der Waals surface area contributed by atoms with Crippen LogP contribution in [0.25, 0.3) is 0 Å². The number of hydrogen-bond donors (Lipinski definition) is 0. The molecular weight excluding hydrogens is 368 g/mol. The second-order valence-electron chi connectivity index (χ2n) is 8.03. The maximum absolute atomic E-state index is 12.7. The van der Waals surface area contributed by atoms with Crippen molar-refractivity contribution in [2.24, 2.45) is 0 Å². The molecule has 2 aliphatic rings. The molecule has 0 spiro atoms. The summed E-state index contributed by atoms with van der Waals surface area (Å²) >= 11 is 0. The van der Waals surface area contributed by atoms with E-state index in [1.807, 2.05) is 39.9 Å². The zero-order valence-electron chi connectivity index (χ0n) is 17.1. The summed E-state index contributed by atoms with van der Waals surface area (Å²) in [6.45, 7) is 5.60. The second kappa shape index (κ2) is 8.31. The lowest BCUT2D eigenvalue weighted by atomic mass is 10.00. The summed E-state index contributed by atoms with van der Waals surface area (Å²) in [7, 11) is 0. The van der Waals surface area contributed by atoms with Crippen LogP contribution in [0.5, 0.6) is 0 Å². The number of carbonyl (C=O) groups is 2. The Kier molecular flexibility index (Phi) is 5.60. The molecule has 29 heavy (non-hydrogen) atoms. The first kappa shape index (κ1) is 19.5. The fourth-order valence-corrected chi connectivity index (χ4v) is 4.30. The van der Waals surface area contributed by atoms with Gasteiger partial charge in [0.15, 0.2) is 5.82 Å². The monoisotopic (exact) mass is 396 g/mol. The van der Waals surface area contributed by atoms with Gasteiger partial charge in [-0.15, -0.1) is 0 Å². The highest BCUT2D eigenvalue weighted by atomic mass is 16.2. The molecule has 0 radical (unpaired) electrons. The third-order valence-electron chi connectivity index (χ3n) is 5.96. The highest BCUT2D eigenvalue weighted by Gasteiger charge is 2.30. The molecule has 2 aromatic heterocycles. The number of amides is 2. The third-order valence-corrected chi connectivity index (χ3v) is 5.96. The van der Waals surface area contributed by atoms with Gasteiger partial charge in [-0.2, -0.15) is 5.10 Å². The van der Waals surface area contributed by atoms with Crippen LogP contribution in [0.2, 0.25) is 0 Å². The number of rotatable bonds is 4. The highest BCUT2D eigenvalue weighted by molar-refractivity contribution is 5.77. The topological polar surface area (TPSA) is 84.2 Å². The largest absolute Gasteiger partial charge is 0.338 e. The van der Waals surface area contributed by atoms with E-state index in [-0.39, 0.29) is 23.9 Å². The molecular formula is C21H28N6O2. The molecule has 0 N–H and O–H groups in total. The zero-order chi connectivity index (χ0) is 20.4. The molecule has 0 bridgehead atoms. The molecule has 2 aromatic rings. The predicted octanol–water partition coefficient (Wildman–Crippen LogP) is 2.28. The number of nitrogens with zero attached hydrogens (tertiary/aromatic N) is 6. The van der Waals surface area contributed by atoms with E-state index < -0.39 is 0 Å². The van der Waals surface area contributed by atoms with E-state index in [0.29, 0.717) is 19.5 Å². The molecule has 1 saturated heterocycles. The molecule has 4 rings (SSSR count). The number of carbonyl (C=O) groups excluding carboxylic acids is 2. The lowest BCUT2D eigenvalue weighted by Crippen LogP contribution is -2.39. The molecule has 8 nitrogen and oxygen atoms in total. The molecule has 2 aliphatic heterocycles. The van der Waals surface area contributed by atoms with Crippen molar-refractivity contribution in [1.29, 1.82) is 0 Å². The van der Waals surface area contributed by atoms with E-state index in [0.717, 1.165) is 49.3 Å². The lowest BCUT2D eigenvalue weighted by molar-refractivity contribution is -0.133. The Morgan fingerprint density at radius 1 is 1.28 bits per heavy atom. The summed E-state index contributed by atoms with van der Waals surface area (Å²) < 4.78 is 1.82. The van der Waals surface area contributed by atoms with E-state index >= 15 is 0 Å². The minimum Gasteiger partial charge on any atom is -0.338 e. The zero-order valence-corrected chi connectivity index (χ0v) is 17.1. The normalized spacial score (nSPS) is 20.3. The Labute approximate surface area is 170 Å². The van der Waals surface area contributed by atoms with Crippen molar-refractivity contribution in [3.8, 4) is 0 Å². The van der Waals surface area contributed by atoms with Crippen molar-refractivity contribution < 1.29 is 9.59 Å². The van der Waals surface area contributed by atoms with Gasteiger partial charge >= 0.3 is 0 Å². The maximum atomic E-state index is 12.7. The molecule has 0 aliphatic carbocycles. The molecule has 0 saturated carbocycles. The molecule has 4 heterocycles. The number of likely N-dealkylation sites (tertiary alicyclic amines) is 1. The summed E-state index contributed by atoms with van der Waals surface area (Å²) in [5, 5.41) is 4.22. The molecule has 0 aromatic carbocycles. The summed E-state index contributed by atoms with van der Waals surface area (Å²) in [6, 6.07) is 1.87. The first-order valence-electron chi connectivity index (χ1n) is 10.4. The Morgan fingerprint density at radius 3 is 2.90 bits per heavy atom. The summed E-state index contributed by atoms with van der Waals surface area (Å²) in [6.07, 6.45) is 9.64. The molecule has 8 heteroatoms. The van der Waals surface area contributed by atoms with Crippen LogP contribution in [-0.2, 0) is 22.6 Å². The second-order valence-corrected chi connectivity index (χ2v) is 8.03. The SMILES string of the molecule is CC(=O)N1CCCCC1c1ncc2c(n1)CCN(C(=O)CC(C)n1cccn1)C2. The number of fused-ring (bicyclic) bond motifs is 1. The smallest absolute Gasteiger partial charge is 0.225 e. The van der Waals surface area contributed by atoms with Gasteiger partial charge in [-0.25, -0.2) is 9.97 Å². The quantitative estimate of drug-likeness (QED) is 0.792. The summed E-state index contributed by atoms with van der Waals surface area (Å²) in [4.78, 5) is 37.9. The van der Waals surface area contributed by atoms with Gasteiger partial charge in [0.2, 0.25) is 11.8 Å². The Balaban J connectivity index is 1.44. The fourth-order valence-electron chi connectivity index (χ4n) is 4.30. The first-order valence-corrected chi connectivity index (χ1v) is 10.4. The molecule has 2 amide bonds. The first-order chi connectivity index (χ1) is 14.0. The predicted molar refractivity (Wildman–Crippen MR) is 107 cm³/mol. The van der Waals surface area contributed by atoms with Gasteiger partial charge in [0.05, 0.1) is 17.8 Å². The average molecular weight is 396 g/mol. The van der Waals surface area contributed by atoms with Gasteiger partial charge in [-0.05, 0) is 32.3 Å². The van der Waals surface area contributed by atoms with Crippen molar-refractivity contribution >= 4 is 11.8 Å². The average Bonchev–Trinajstić information content (AvgIpc) is 3.28. The fraction of sp³-hybridized carbons (Fsp3) is 0.571. The van der Waals surface area contributed by atoms with Gasteiger partial charge < -0.3 is 9.80 Å². The van der Waals surface area contributed by atoms with Crippen LogP contribution < -0.4 is 0 Å². The number of hydrogen-bond acceptors (Lipinski definition) is 5. The Bertz CT molecular complexity index is 881. The van der Waals surface area contributed by atoms with Crippen molar-refractivity contribution in [3.63, 3.8) is 0 Å². The van der Waals surface area contributed by atoms with Crippen LogP contribution in [0, 0.1) is 0 Å². The summed E-state index contributed by atoms with van der Waals surface area (Å²) in [5.41, 5.74) is 2.01. The van der Waals surface area contributed by atoms with Gasteiger partial charge in [0.25, 0.3) is 0 Å². The minimum absolute atomic E-state index is 0.0267. The minimum atomic E-state index is -0.0267. The molecule has 154 valence electrons. The highest BCUT2D eigenvalue weighted by Crippen LogP contribution is 2.30. The van der Waals surface area contributed by atoms with Crippen LogP contribution >= 0.6 is 0 Å². The van der Waals surface area contributed by atoms with Crippen LogP contribution in [0.4, 0.5) is 0 Å². The lowest BCUT2D eigenvalue weighted by Gasteiger charge is -2.35. The van der Waals surface area contributed by atoms with Crippen LogP contribution in [0.1, 0.15) is 68.7 Å². The van der Waals surface area contributed by atoms with Crippen molar-refractivity contribution in [3.05, 3.63) is 41.7 Å². The van der Waals surface area contributed by atoms with Crippen LogP contribution in [-0.4, -0.2) is 54.5 Å². The molecule has 1 fully saturated rings. The van der Waals surface area contributed by atoms with E-state index in [1.54, 1.807) is 13.1 Å². The number of piperidine rings is 1. The van der Waals surface area contributed by atoms with Gasteiger partial charge in [-0.1, -0.05) is 0 Å². The van der Waals surface area contributed by atoms with E-state index in [2.05, 4.69) is 10.1 Å². The van der Waals surface area contributed by atoms with Crippen LogP contribution in [0.3, 0.4) is 0 Å². The van der Waals surface area contributed by atoms with Crippen molar-refractivity contribution in [1.82, 2.24) is 29.5 Å². The third kappa shape index (κ3) is 4.16. The standard InChI is InChI=1S/C21H28N6O2/c1-15(27-10-5-8-23-27)12-20(29)25-11-7-18-17(14-25)13-22-21(24-18)19-6-3-4-9-26(19)16(2)28/h5,8,10,13,15,19H,3-4,6-7,9,11-12,14H2,1-2H3. The Morgan fingerprint density at radius 2 is 2.14 bits per heavy atom. The van der Waals surface area contributed by atoms with Crippen molar-refractivity contribution in [2.45, 2.75) is 64.6 Å². The van der Waals surface area contributed by atoms with E-state index in [4.69, 9.17) is 4.98 Å². The van der Waals surface area contributed by atoms with Crippen molar-refractivity contribution in [2.75, 3.05) is 13.1 Å². The molecule has 2 atom stereocenters. The van der Waals surface area contributed by atoms with Gasteiger partial charge in [0, 0.05) is 63.6 Å². The van der Waals surface area contributed by atoms with Gasteiger partial charge in [-0.3, -0.25) is 14.3 Å². The maximum Gasteiger partial charge on any atom is 0.225 e. The summed E-state index contributed by atoms with van der Waals surface area (Å²) in [5.74, 6) is 0.947.